The van der Waals surface area contributed by atoms with Crippen molar-refractivity contribution in [3.05, 3.63) is 29.8 Å². The van der Waals surface area contributed by atoms with Gasteiger partial charge in [0.1, 0.15) is 0 Å². The SMILES string of the molecule is Cc1cccc(N2CCN(CCC3CCC(NC(=O)CCCC#N)CC3)CC2)c1. The molecule has 0 spiro atoms. The van der Waals surface area contributed by atoms with E-state index in [2.05, 4.69) is 52.4 Å². The predicted molar refractivity (Wildman–Crippen MR) is 118 cm³/mol. The minimum atomic E-state index is 0.121. The van der Waals surface area contributed by atoms with E-state index in [1.807, 2.05) is 0 Å². The van der Waals surface area contributed by atoms with E-state index >= 15 is 0 Å². The Morgan fingerprint density at radius 3 is 2.62 bits per heavy atom. The van der Waals surface area contributed by atoms with Gasteiger partial charge in [-0.05, 0) is 75.6 Å². The molecule has 2 aliphatic rings. The van der Waals surface area contributed by atoms with Crippen LogP contribution in [-0.4, -0.2) is 49.6 Å². The molecule has 0 atom stereocenters. The Hall–Kier alpha value is -2.06. The second kappa shape index (κ2) is 11.2. The molecule has 1 amide bonds. The minimum Gasteiger partial charge on any atom is -0.369 e. The van der Waals surface area contributed by atoms with Crippen molar-refractivity contribution in [1.29, 1.82) is 5.26 Å². The fourth-order valence-electron chi connectivity index (χ4n) is 4.64. The smallest absolute Gasteiger partial charge is 0.220 e. The lowest BCUT2D eigenvalue weighted by Crippen LogP contribution is -2.47. The molecule has 29 heavy (non-hydrogen) atoms. The third-order valence-electron chi connectivity index (χ3n) is 6.50. The Balaban J connectivity index is 1.29. The molecule has 1 heterocycles. The van der Waals surface area contributed by atoms with E-state index in [0.29, 0.717) is 25.3 Å². The van der Waals surface area contributed by atoms with E-state index < -0.39 is 0 Å². The van der Waals surface area contributed by atoms with Gasteiger partial charge in [0, 0.05) is 50.7 Å². The van der Waals surface area contributed by atoms with Crippen LogP contribution in [0.2, 0.25) is 0 Å². The zero-order chi connectivity index (χ0) is 20.5. The monoisotopic (exact) mass is 396 g/mol. The lowest BCUT2D eigenvalue weighted by molar-refractivity contribution is -0.122. The molecule has 0 radical (unpaired) electrons. The van der Waals surface area contributed by atoms with Gasteiger partial charge in [-0.2, -0.15) is 5.26 Å². The maximum absolute atomic E-state index is 11.9. The number of nitrogens with zero attached hydrogens (tertiary/aromatic N) is 3. The van der Waals surface area contributed by atoms with Gasteiger partial charge in [0.05, 0.1) is 6.07 Å². The average molecular weight is 397 g/mol. The molecular weight excluding hydrogens is 360 g/mol. The molecule has 0 aromatic heterocycles. The summed E-state index contributed by atoms with van der Waals surface area (Å²) in [5, 5.41) is 11.7. The number of rotatable bonds is 8. The summed E-state index contributed by atoms with van der Waals surface area (Å²) in [6.07, 6.45) is 7.59. The van der Waals surface area contributed by atoms with Crippen molar-refractivity contribution < 1.29 is 4.79 Å². The molecule has 5 nitrogen and oxygen atoms in total. The summed E-state index contributed by atoms with van der Waals surface area (Å²) in [6, 6.07) is 11.3. The van der Waals surface area contributed by atoms with Crippen LogP contribution in [0.3, 0.4) is 0 Å². The van der Waals surface area contributed by atoms with Crippen molar-refractivity contribution in [2.24, 2.45) is 5.92 Å². The lowest BCUT2D eigenvalue weighted by atomic mass is 9.84. The Morgan fingerprint density at radius 2 is 1.93 bits per heavy atom. The first-order valence-corrected chi connectivity index (χ1v) is 11.3. The number of hydrogen-bond acceptors (Lipinski definition) is 4. The van der Waals surface area contributed by atoms with Gasteiger partial charge in [-0.3, -0.25) is 9.69 Å². The molecule has 1 aliphatic heterocycles. The first-order valence-electron chi connectivity index (χ1n) is 11.3. The van der Waals surface area contributed by atoms with Gasteiger partial charge in [0.15, 0.2) is 0 Å². The number of amides is 1. The molecule has 2 fully saturated rings. The minimum absolute atomic E-state index is 0.121. The van der Waals surface area contributed by atoms with Crippen LogP contribution in [-0.2, 0) is 4.79 Å². The van der Waals surface area contributed by atoms with Crippen LogP contribution in [0.1, 0.15) is 56.9 Å². The van der Waals surface area contributed by atoms with E-state index in [4.69, 9.17) is 5.26 Å². The number of hydrogen-bond donors (Lipinski definition) is 1. The van der Waals surface area contributed by atoms with Crippen molar-refractivity contribution in [1.82, 2.24) is 10.2 Å². The number of anilines is 1. The van der Waals surface area contributed by atoms with E-state index in [1.165, 1.54) is 37.1 Å². The average Bonchev–Trinajstić information content (AvgIpc) is 2.74. The maximum Gasteiger partial charge on any atom is 0.220 e. The van der Waals surface area contributed by atoms with Crippen molar-refractivity contribution in [2.75, 3.05) is 37.6 Å². The molecule has 0 bridgehead atoms. The molecule has 1 aliphatic carbocycles. The molecule has 1 N–H and O–H groups in total. The van der Waals surface area contributed by atoms with Gasteiger partial charge in [0.2, 0.25) is 5.91 Å². The van der Waals surface area contributed by atoms with Crippen LogP contribution in [0, 0.1) is 24.2 Å². The maximum atomic E-state index is 11.9. The van der Waals surface area contributed by atoms with Crippen molar-refractivity contribution >= 4 is 11.6 Å². The van der Waals surface area contributed by atoms with Crippen molar-refractivity contribution in [3.63, 3.8) is 0 Å². The summed E-state index contributed by atoms with van der Waals surface area (Å²) in [4.78, 5) is 17.0. The highest BCUT2D eigenvalue weighted by atomic mass is 16.1. The van der Waals surface area contributed by atoms with Crippen LogP contribution < -0.4 is 10.2 Å². The quantitative estimate of drug-likeness (QED) is 0.678. The molecule has 1 saturated heterocycles. The normalized spacial score (nSPS) is 22.8. The second-order valence-corrected chi connectivity index (χ2v) is 8.75. The van der Waals surface area contributed by atoms with Gasteiger partial charge in [-0.15, -0.1) is 0 Å². The topological polar surface area (TPSA) is 59.4 Å². The fourth-order valence-corrected chi connectivity index (χ4v) is 4.64. The van der Waals surface area contributed by atoms with Crippen LogP contribution in [0.5, 0.6) is 0 Å². The number of carbonyl (C=O) groups excluding carboxylic acids is 1. The fraction of sp³-hybridized carbons (Fsp3) is 0.667. The Labute approximate surface area is 176 Å². The van der Waals surface area contributed by atoms with Crippen LogP contribution in [0.4, 0.5) is 5.69 Å². The number of nitrogens with one attached hydrogen (secondary N) is 1. The third kappa shape index (κ3) is 7.04. The molecule has 1 aromatic rings. The standard InChI is InChI=1S/C24H36N4O/c1-20-5-4-6-23(19-20)28-17-15-27(16-18-28)14-12-21-8-10-22(11-9-21)26-24(29)7-2-3-13-25/h4-6,19,21-22H,2-3,7-12,14-18H2,1H3,(H,26,29). The first kappa shape index (κ1) is 21.6. The molecule has 1 saturated carbocycles. The van der Waals surface area contributed by atoms with Gasteiger partial charge in [-0.25, -0.2) is 0 Å². The van der Waals surface area contributed by atoms with E-state index in [0.717, 1.165) is 44.9 Å². The number of benzene rings is 1. The highest BCUT2D eigenvalue weighted by Gasteiger charge is 2.24. The Bertz CT molecular complexity index is 682. The van der Waals surface area contributed by atoms with E-state index in [-0.39, 0.29) is 5.91 Å². The molecule has 0 unspecified atom stereocenters. The zero-order valence-electron chi connectivity index (χ0n) is 17.9. The molecule has 1 aromatic carbocycles. The van der Waals surface area contributed by atoms with Crippen molar-refractivity contribution in [3.8, 4) is 6.07 Å². The highest BCUT2D eigenvalue weighted by Crippen LogP contribution is 2.27. The van der Waals surface area contributed by atoms with Crippen molar-refractivity contribution in [2.45, 2.75) is 64.3 Å². The summed E-state index contributed by atoms with van der Waals surface area (Å²) < 4.78 is 0. The number of piperazine rings is 1. The van der Waals surface area contributed by atoms with Crippen LogP contribution in [0.25, 0.3) is 0 Å². The summed E-state index contributed by atoms with van der Waals surface area (Å²) in [6.45, 7) is 7.92. The van der Waals surface area contributed by atoms with Gasteiger partial charge >= 0.3 is 0 Å². The van der Waals surface area contributed by atoms with E-state index in [1.54, 1.807) is 0 Å². The van der Waals surface area contributed by atoms with Gasteiger partial charge in [0.25, 0.3) is 0 Å². The van der Waals surface area contributed by atoms with Crippen LogP contribution in [0.15, 0.2) is 24.3 Å². The van der Waals surface area contributed by atoms with Crippen LogP contribution >= 0.6 is 0 Å². The molecule has 158 valence electrons. The molecule has 3 rings (SSSR count). The second-order valence-electron chi connectivity index (χ2n) is 8.75. The number of carbonyl (C=O) groups is 1. The zero-order valence-corrected chi connectivity index (χ0v) is 17.9. The highest BCUT2D eigenvalue weighted by molar-refractivity contribution is 5.76. The first-order chi connectivity index (χ1) is 14.1. The molecule has 5 heteroatoms. The summed E-state index contributed by atoms with van der Waals surface area (Å²) in [7, 11) is 0. The number of unbranched alkanes of at least 4 members (excludes halogenated alkanes) is 1. The third-order valence-corrected chi connectivity index (χ3v) is 6.50. The predicted octanol–water partition coefficient (Wildman–Crippen LogP) is 3.88. The summed E-state index contributed by atoms with van der Waals surface area (Å²) >= 11 is 0. The largest absolute Gasteiger partial charge is 0.369 e. The Kier molecular flexibility index (Phi) is 8.37. The summed E-state index contributed by atoms with van der Waals surface area (Å²) in [5.41, 5.74) is 2.69. The Morgan fingerprint density at radius 1 is 1.17 bits per heavy atom. The lowest BCUT2D eigenvalue weighted by Gasteiger charge is -2.37. The number of nitriles is 1. The molecular formula is C24H36N4O. The van der Waals surface area contributed by atoms with E-state index in [9.17, 15) is 4.79 Å². The van der Waals surface area contributed by atoms with Gasteiger partial charge < -0.3 is 10.2 Å². The summed E-state index contributed by atoms with van der Waals surface area (Å²) in [5.74, 6) is 0.923. The van der Waals surface area contributed by atoms with Gasteiger partial charge in [-0.1, -0.05) is 12.1 Å². The number of aryl methyl sites for hydroxylation is 1.